The van der Waals surface area contributed by atoms with Crippen LogP contribution in [-0.4, -0.2) is 97.7 Å². The topological polar surface area (TPSA) is 58.2 Å². The molecule has 0 aliphatic rings. The third kappa shape index (κ3) is 42.4. The van der Waals surface area contributed by atoms with Crippen molar-refractivity contribution in [3.63, 3.8) is 0 Å². The monoisotopic (exact) mass is 969 g/mol. The van der Waals surface area contributed by atoms with Gasteiger partial charge in [-0.25, -0.2) is 0 Å². The van der Waals surface area contributed by atoms with E-state index in [2.05, 4.69) is 52.2 Å². The van der Waals surface area contributed by atoms with E-state index < -0.39 is 0 Å². The first-order chi connectivity index (χ1) is 32.4. The summed E-state index contributed by atoms with van der Waals surface area (Å²) in [6, 6.07) is 0. The summed E-state index contributed by atoms with van der Waals surface area (Å²) in [6.45, 7) is 26.5. The van der Waals surface area contributed by atoms with E-state index in [1.165, 1.54) is 278 Å². The van der Waals surface area contributed by atoms with Crippen LogP contribution in [0.5, 0.6) is 0 Å². The van der Waals surface area contributed by atoms with Gasteiger partial charge in [-0.2, -0.15) is 0 Å². The van der Waals surface area contributed by atoms with E-state index in [1.807, 2.05) is 21.6 Å². The predicted octanol–water partition coefficient (Wildman–Crippen LogP) is 17.2. The molecule has 0 spiro atoms. The van der Waals surface area contributed by atoms with Crippen molar-refractivity contribution >= 4 is 33.4 Å². The van der Waals surface area contributed by atoms with E-state index in [1.54, 1.807) is 0 Å². The van der Waals surface area contributed by atoms with Gasteiger partial charge in [0.15, 0.2) is 0 Å². The maximum Gasteiger partial charge on any atom is 0.219 e. The molecule has 66 heavy (non-hydrogen) atoms. The smallest absolute Gasteiger partial charge is 0.219 e. The van der Waals surface area contributed by atoms with Crippen molar-refractivity contribution in [1.82, 2.24) is 10.6 Å². The average molecular weight is 970 g/mol. The van der Waals surface area contributed by atoms with Gasteiger partial charge in [-0.05, 0) is 105 Å². The third-order valence-corrected chi connectivity index (χ3v) is 17.8. The summed E-state index contributed by atoms with van der Waals surface area (Å²) >= 11 is 0. The first-order valence-corrected chi connectivity index (χ1v) is 32.3. The summed E-state index contributed by atoms with van der Waals surface area (Å²) in [5, 5.41) is 6.31. The van der Waals surface area contributed by atoms with Crippen molar-refractivity contribution in [2.45, 2.75) is 286 Å². The molecule has 6 nitrogen and oxygen atoms in total. The highest BCUT2D eigenvalue weighted by Crippen LogP contribution is 2.25. The van der Waals surface area contributed by atoms with Crippen molar-refractivity contribution in [3.8, 4) is 0 Å². The van der Waals surface area contributed by atoms with E-state index in [4.69, 9.17) is 0 Å². The molecule has 0 fully saturated rings. The van der Waals surface area contributed by atoms with E-state index in [0.29, 0.717) is 12.8 Å². The van der Waals surface area contributed by atoms with Crippen molar-refractivity contribution in [2.24, 2.45) is 0 Å². The molecule has 0 radical (unpaired) electrons. The van der Waals surface area contributed by atoms with Crippen molar-refractivity contribution in [2.75, 3.05) is 77.0 Å². The molecule has 0 aromatic carbocycles. The Labute approximate surface area is 423 Å². The van der Waals surface area contributed by atoms with Crippen molar-refractivity contribution in [3.05, 3.63) is 0 Å². The Hall–Kier alpha value is -0.440. The minimum absolute atomic E-state index is 0.257. The molecule has 0 heterocycles. The van der Waals surface area contributed by atoms with Crippen LogP contribution in [0.3, 0.4) is 0 Å². The first-order valence-electron chi connectivity index (χ1n) is 29.8. The summed E-state index contributed by atoms with van der Waals surface area (Å²) in [5.41, 5.74) is 0. The van der Waals surface area contributed by atoms with Crippen LogP contribution < -0.4 is 10.6 Å². The van der Waals surface area contributed by atoms with E-state index in [-0.39, 0.29) is 11.8 Å². The quantitative estimate of drug-likeness (QED) is 0.0362. The van der Waals surface area contributed by atoms with Crippen LogP contribution in [-0.2, 0) is 9.59 Å². The number of nitrogens with one attached hydrogen (secondary N) is 2. The molecule has 0 bridgehead atoms. The highest BCUT2D eigenvalue weighted by molar-refractivity contribution is 8.76. The highest BCUT2D eigenvalue weighted by Gasteiger charge is 2.22. The van der Waals surface area contributed by atoms with Gasteiger partial charge in [-0.15, -0.1) is 0 Å². The van der Waals surface area contributed by atoms with Crippen LogP contribution >= 0.6 is 21.6 Å². The molecular formula is C58H120N4O2S2+2. The summed E-state index contributed by atoms with van der Waals surface area (Å²) < 4.78 is 2.66. The number of quaternary nitrogens is 2. The van der Waals surface area contributed by atoms with Gasteiger partial charge in [0.25, 0.3) is 0 Å². The number of hydrogen-bond donors (Lipinski definition) is 2. The number of carbonyl (C=O) groups excluding carboxylic acids is 2. The van der Waals surface area contributed by atoms with Gasteiger partial charge in [-0.3, -0.25) is 9.59 Å². The Morgan fingerprint density at radius 3 is 0.818 bits per heavy atom. The molecule has 8 heteroatoms. The second-order valence-corrected chi connectivity index (χ2v) is 23.4. The fourth-order valence-electron chi connectivity index (χ4n) is 10.3. The SMILES string of the molecule is CCC[N+](CC)(CC)CCCCCCCCCCCCCCCC(=O)NCCCCCCSSCCCCCCNC(=O)CCCCCCCCCCCCCCC[N+](CC)(CC)CCC. The summed E-state index contributed by atoms with van der Waals surface area (Å²) in [5.74, 6) is 2.98. The molecule has 0 aromatic rings. The molecule has 0 rings (SSSR count). The zero-order chi connectivity index (χ0) is 48.3. The Balaban J connectivity index is 3.32. The van der Waals surface area contributed by atoms with Crippen LogP contribution in [0.25, 0.3) is 0 Å². The Morgan fingerprint density at radius 2 is 0.545 bits per heavy atom. The highest BCUT2D eigenvalue weighted by atomic mass is 33.1. The largest absolute Gasteiger partial charge is 0.356 e. The zero-order valence-electron chi connectivity index (χ0n) is 45.9. The van der Waals surface area contributed by atoms with Crippen LogP contribution in [0.1, 0.15) is 286 Å². The van der Waals surface area contributed by atoms with Gasteiger partial charge in [0.05, 0.1) is 52.4 Å². The van der Waals surface area contributed by atoms with Gasteiger partial charge < -0.3 is 19.6 Å². The van der Waals surface area contributed by atoms with Crippen molar-refractivity contribution < 1.29 is 18.6 Å². The molecule has 0 aliphatic carbocycles. The number of rotatable bonds is 55. The summed E-state index contributed by atoms with van der Waals surface area (Å²) in [4.78, 5) is 24.5. The number of hydrogen-bond acceptors (Lipinski definition) is 4. The third-order valence-electron chi connectivity index (χ3n) is 15.2. The lowest BCUT2D eigenvalue weighted by Crippen LogP contribution is -2.48. The number of carbonyl (C=O) groups is 2. The van der Waals surface area contributed by atoms with Crippen LogP contribution in [0.2, 0.25) is 0 Å². The normalized spacial score (nSPS) is 12.0. The number of amides is 2. The maximum absolute atomic E-state index is 12.2. The van der Waals surface area contributed by atoms with Gasteiger partial charge in [0.2, 0.25) is 11.8 Å². The minimum Gasteiger partial charge on any atom is -0.356 e. The second kappa shape index (κ2) is 50.9. The fraction of sp³-hybridized carbons (Fsp3) is 0.966. The maximum atomic E-state index is 12.2. The Morgan fingerprint density at radius 1 is 0.303 bits per heavy atom. The summed E-state index contributed by atoms with van der Waals surface area (Å²) in [6.07, 6.45) is 49.0. The lowest BCUT2D eigenvalue weighted by Gasteiger charge is -2.36. The molecule has 0 saturated carbocycles. The standard InChI is InChI=1S/C58H118N4O2S2/c1-7-51-61(9-3,10-4)53-43-35-29-25-21-17-13-15-19-23-27-31-39-47-57(63)59-49-41-33-37-45-55-65-66-56-46-38-34-42-50-60-58(64)48-40-32-28-24-20-16-14-18-22-26-30-36-44-54-62(11-5,12-6)52-8-2/h7-56H2,1-6H3/p+2. The fourth-order valence-corrected chi connectivity index (χ4v) is 12.6. The molecule has 0 saturated heterocycles. The molecule has 0 unspecified atom stereocenters. The minimum atomic E-state index is 0.257. The molecule has 394 valence electrons. The van der Waals surface area contributed by atoms with Crippen LogP contribution in [0, 0.1) is 0 Å². The second-order valence-electron chi connectivity index (χ2n) is 20.7. The zero-order valence-corrected chi connectivity index (χ0v) is 47.5. The molecular weight excluding hydrogens is 849 g/mol. The molecule has 2 amide bonds. The van der Waals surface area contributed by atoms with Gasteiger partial charge in [0, 0.05) is 37.4 Å². The van der Waals surface area contributed by atoms with Crippen LogP contribution in [0.4, 0.5) is 0 Å². The first kappa shape index (κ1) is 65.6. The van der Waals surface area contributed by atoms with Crippen LogP contribution in [0.15, 0.2) is 0 Å². The van der Waals surface area contributed by atoms with E-state index >= 15 is 0 Å². The predicted molar refractivity (Wildman–Crippen MR) is 300 cm³/mol. The Kier molecular flexibility index (Phi) is 50.6. The summed E-state index contributed by atoms with van der Waals surface area (Å²) in [7, 11) is 4.06. The number of unbranched alkanes of at least 4 members (excludes halogenated alkanes) is 30. The number of nitrogens with zero attached hydrogens (tertiary/aromatic N) is 2. The lowest BCUT2D eigenvalue weighted by atomic mass is 10.0. The molecule has 0 atom stereocenters. The van der Waals surface area contributed by atoms with Gasteiger partial charge in [0.1, 0.15) is 0 Å². The van der Waals surface area contributed by atoms with Crippen molar-refractivity contribution in [1.29, 1.82) is 0 Å². The Bertz CT molecular complexity index is 930. The van der Waals surface area contributed by atoms with E-state index in [9.17, 15) is 9.59 Å². The lowest BCUT2D eigenvalue weighted by molar-refractivity contribution is -0.925. The molecule has 0 aliphatic heterocycles. The molecule has 0 aromatic heterocycles. The molecule has 2 N–H and O–H groups in total. The van der Waals surface area contributed by atoms with Gasteiger partial charge in [-0.1, -0.05) is 190 Å². The average Bonchev–Trinajstić information content (AvgIpc) is 3.33. The van der Waals surface area contributed by atoms with Gasteiger partial charge >= 0.3 is 0 Å². The van der Waals surface area contributed by atoms with E-state index in [0.717, 1.165) is 38.8 Å².